The fraction of sp³-hybridized carbons (Fsp3) is 0.278. The van der Waals surface area contributed by atoms with Crippen molar-refractivity contribution in [3.05, 3.63) is 54.2 Å². The van der Waals surface area contributed by atoms with Gasteiger partial charge in [0.2, 0.25) is 5.95 Å². The molecule has 4 heterocycles. The molecule has 1 aliphatic heterocycles. The second-order valence-corrected chi connectivity index (χ2v) is 6.20. The van der Waals surface area contributed by atoms with Crippen LogP contribution in [0.25, 0.3) is 0 Å². The summed E-state index contributed by atoms with van der Waals surface area (Å²) in [4.78, 5) is 29.6. The summed E-state index contributed by atoms with van der Waals surface area (Å²) in [5.41, 5.74) is 0.468. The molecule has 1 amide bonds. The Morgan fingerprint density at radius 3 is 2.44 bits per heavy atom. The number of nitrogens with one attached hydrogen (secondary N) is 1. The third kappa shape index (κ3) is 3.86. The van der Waals surface area contributed by atoms with Crippen molar-refractivity contribution in [1.82, 2.24) is 20.1 Å². The van der Waals surface area contributed by atoms with Crippen molar-refractivity contribution in [2.24, 2.45) is 0 Å². The Morgan fingerprint density at radius 1 is 1.07 bits per heavy atom. The Morgan fingerprint density at radius 2 is 1.81 bits per heavy atom. The van der Waals surface area contributed by atoms with Crippen molar-refractivity contribution >= 4 is 23.5 Å². The van der Waals surface area contributed by atoms with E-state index in [-0.39, 0.29) is 5.91 Å². The molecule has 0 radical (unpaired) electrons. The third-order valence-electron chi connectivity index (χ3n) is 4.32. The summed E-state index contributed by atoms with van der Waals surface area (Å²) in [6.07, 6.45) is 5.07. The van der Waals surface area contributed by atoms with E-state index < -0.39 is 0 Å². The Labute approximate surface area is 156 Å². The summed E-state index contributed by atoms with van der Waals surface area (Å²) >= 11 is 0. The van der Waals surface area contributed by atoms with Gasteiger partial charge in [0.15, 0.2) is 5.82 Å². The first kappa shape index (κ1) is 17.0. The number of rotatable bonds is 4. The van der Waals surface area contributed by atoms with Crippen molar-refractivity contribution in [3.63, 3.8) is 0 Å². The number of aryl methyl sites for hydroxylation is 1. The zero-order valence-corrected chi connectivity index (χ0v) is 14.9. The first-order chi connectivity index (χ1) is 13.2. The Kier molecular flexibility index (Phi) is 4.65. The number of piperazine rings is 1. The summed E-state index contributed by atoms with van der Waals surface area (Å²) in [6.45, 7) is 5.03. The molecule has 0 saturated carbocycles. The highest BCUT2D eigenvalue weighted by molar-refractivity contribution is 6.03. The smallest absolute Gasteiger partial charge is 0.258 e. The van der Waals surface area contributed by atoms with Crippen LogP contribution in [0.5, 0.6) is 0 Å². The summed E-state index contributed by atoms with van der Waals surface area (Å²) in [5, 5.41) is 6.44. The quantitative estimate of drug-likeness (QED) is 0.746. The van der Waals surface area contributed by atoms with Crippen LogP contribution in [0.4, 0.5) is 17.6 Å². The van der Waals surface area contributed by atoms with Gasteiger partial charge < -0.3 is 19.6 Å². The topological polar surface area (TPSA) is 100 Å². The van der Waals surface area contributed by atoms with Gasteiger partial charge in [-0.15, -0.1) is 0 Å². The number of carbonyl (C=O) groups excluding carboxylic acids is 1. The lowest BCUT2D eigenvalue weighted by Gasteiger charge is -2.35. The first-order valence-electron chi connectivity index (χ1n) is 8.67. The predicted molar refractivity (Wildman–Crippen MR) is 99.9 cm³/mol. The molecule has 0 aromatic carbocycles. The van der Waals surface area contributed by atoms with E-state index in [0.29, 0.717) is 17.1 Å². The van der Waals surface area contributed by atoms with Crippen LogP contribution < -0.4 is 15.1 Å². The van der Waals surface area contributed by atoms with Crippen molar-refractivity contribution < 1.29 is 9.32 Å². The minimum absolute atomic E-state index is 0.270. The molecule has 9 nitrogen and oxygen atoms in total. The van der Waals surface area contributed by atoms with Crippen LogP contribution >= 0.6 is 0 Å². The highest BCUT2D eigenvalue weighted by Gasteiger charge is 2.20. The van der Waals surface area contributed by atoms with Crippen molar-refractivity contribution in [2.75, 3.05) is 41.3 Å². The molecule has 0 bridgehead atoms. The number of carbonyl (C=O) groups is 1. The van der Waals surface area contributed by atoms with E-state index in [2.05, 4.69) is 35.2 Å². The molecule has 3 aromatic heterocycles. The summed E-state index contributed by atoms with van der Waals surface area (Å²) in [7, 11) is 0. The molecule has 1 N–H and O–H groups in total. The molecule has 0 atom stereocenters. The van der Waals surface area contributed by atoms with E-state index in [1.807, 2.05) is 12.1 Å². The molecule has 9 heteroatoms. The lowest BCUT2D eigenvalue weighted by molar-refractivity contribution is 0.102. The van der Waals surface area contributed by atoms with E-state index in [1.165, 1.54) is 0 Å². The van der Waals surface area contributed by atoms with Crippen LogP contribution in [0.1, 0.15) is 16.1 Å². The van der Waals surface area contributed by atoms with Gasteiger partial charge in [0.05, 0.1) is 5.56 Å². The Bertz CT molecular complexity index is 903. The van der Waals surface area contributed by atoms with Crippen LogP contribution in [0.2, 0.25) is 0 Å². The van der Waals surface area contributed by atoms with Crippen molar-refractivity contribution in [2.45, 2.75) is 6.92 Å². The van der Waals surface area contributed by atoms with Gasteiger partial charge in [0.25, 0.3) is 5.91 Å². The average molecular weight is 365 g/mol. The fourth-order valence-electron chi connectivity index (χ4n) is 2.91. The van der Waals surface area contributed by atoms with Crippen LogP contribution in [0.15, 0.2) is 47.4 Å². The van der Waals surface area contributed by atoms with Crippen LogP contribution in [0.3, 0.4) is 0 Å². The minimum atomic E-state index is -0.270. The second kappa shape index (κ2) is 7.40. The SMILES string of the molecule is Cc1cc(NC(=O)c2ccc(N3CCN(c4ncccn4)CC3)nc2)no1. The number of hydrogen-bond donors (Lipinski definition) is 1. The van der Waals surface area contributed by atoms with Crippen molar-refractivity contribution in [1.29, 1.82) is 0 Å². The molecule has 0 spiro atoms. The predicted octanol–water partition coefficient (Wildman–Crippen LogP) is 1.75. The molecular weight excluding hydrogens is 346 g/mol. The molecule has 0 unspecified atom stereocenters. The number of pyridine rings is 1. The van der Waals surface area contributed by atoms with E-state index in [4.69, 9.17) is 4.52 Å². The first-order valence-corrected chi connectivity index (χ1v) is 8.67. The molecule has 1 fully saturated rings. The summed E-state index contributed by atoms with van der Waals surface area (Å²) in [5.74, 6) is 2.35. The van der Waals surface area contributed by atoms with E-state index in [1.54, 1.807) is 37.6 Å². The molecule has 27 heavy (non-hydrogen) atoms. The van der Waals surface area contributed by atoms with Crippen LogP contribution in [0, 0.1) is 6.92 Å². The molecule has 1 aliphatic rings. The number of anilines is 3. The molecule has 138 valence electrons. The third-order valence-corrected chi connectivity index (χ3v) is 4.32. The van der Waals surface area contributed by atoms with Crippen LogP contribution in [-0.4, -0.2) is 52.2 Å². The molecule has 1 saturated heterocycles. The fourth-order valence-corrected chi connectivity index (χ4v) is 2.91. The number of amides is 1. The van der Waals surface area contributed by atoms with E-state index >= 15 is 0 Å². The maximum absolute atomic E-state index is 12.2. The van der Waals surface area contributed by atoms with Gasteiger partial charge >= 0.3 is 0 Å². The Balaban J connectivity index is 1.36. The zero-order chi connectivity index (χ0) is 18.6. The highest BCUT2D eigenvalue weighted by Crippen LogP contribution is 2.17. The standard InChI is InChI=1S/C18H19N7O2/c1-13-11-15(23-27-13)22-17(26)14-3-4-16(21-12-14)24-7-9-25(10-8-24)18-19-5-2-6-20-18/h2-6,11-12H,7-10H2,1H3,(H,22,23,26). The second-order valence-electron chi connectivity index (χ2n) is 6.20. The largest absolute Gasteiger partial charge is 0.360 e. The van der Waals surface area contributed by atoms with Gasteiger partial charge in [0, 0.05) is 50.8 Å². The van der Waals surface area contributed by atoms with Gasteiger partial charge in [-0.2, -0.15) is 0 Å². The van der Waals surface area contributed by atoms with Gasteiger partial charge in [0.1, 0.15) is 11.6 Å². The van der Waals surface area contributed by atoms with E-state index in [0.717, 1.165) is 37.9 Å². The normalized spacial score (nSPS) is 14.3. The van der Waals surface area contributed by atoms with Gasteiger partial charge in [-0.1, -0.05) is 5.16 Å². The number of aromatic nitrogens is 4. The van der Waals surface area contributed by atoms with Crippen LogP contribution in [-0.2, 0) is 0 Å². The number of nitrogens with zero attached hydrogens (tertiary/aromatic N) is 6. The zero-order valence-electron chi connectivity index (χ0n) is 14.9. The van der Waals surface area contributed by atoms with E-state index in [9.17, 15) is 4.79 Å². The molecule has 0 aliphatic carbocycles. The highest BCUT2D eigenvalue weighted by atomic mass is 16.5. The minimum Gasteiger partial charge on any atom is -0.360 e. The molecule has 4 rings (SSSR count). The monoisotopic (exact) mass is 365 g/mol. The summed E-state index contributed by atoms with van der Waals surface area (Å²) < 4.78 is 4.94. The van der Waals surface area contributed by atoms with Gasteiger partial charge in [-0.25, -0.2) is 15.0 Å². The number of hydrogen-bond acceptors (Lipinski definition) is 8. The lowest BCUT2D eigenvalue weighted by Crippen LogP contribution is -2.47. The molecular formula is C18H19N7O2. The summed E-state index contributed by atoms with van der Waals surface area (Å²) in [6, 6.07) is 7.09. The average Bonchev–Trinajstić information content (AvgIpc) is 3.13. The van der Waals surface area contributed by atoms with Crippen molar-refractivity contribution in [3.8, 4) is 0 Å². The van der Waals surface area contributed by atoms with Gasteiger partial charge in [-0.3, -0.25) is 4.79 Å². The maximum Gasteiger partial charge on any atom is 0.258 e. The maximum atomic E-state index is 12.2. The Hall–Kier alpha value is -3.49. The molecule has 3 aromatic rings. The van der Waals surface area contributed by atoms with Gasteiger partial charge in [-0.05, 0) is 25.1 Å². The lowest BCUT2D eigenvalue weighted by atomic mass is 10.2.